The lowest BCUT2D eigenvalue weighted by Gasteiger charge is -1.97. The highest BCUT2D eigenvalue weighted by Gasteiger charge is 1.92. The van der Waals surface area contributed by atoms with E-state index in [9.17, 15) is 0 Å². The van der Waals surface area contributed by atoms with Gasteiger partial charge in [0.05, 0.1) is 18.2 Å². The van der Waals surface area contributed by atoms with Crippen molar-refractivity contribution in [1.29, 1.82) is 5.26 Å². The smallest absolute Gasteiger partial charge is 0.0991 e. The van der Waals surface area contributed by atoms with E-state index in [0.717, 1.165) is 5.56 Å². The Morgan fingerprint density at radius 3 is 3.00 bits per heavy atom. The molecule has 0 heterocycles. The second-order valence-corrected chi connectivity index (χ2v) is 2.25. The van der Waals surface area contributed by atoms with Crippen molar-refractivity contribution in [1.82, 2.24) is 0 Å². The average molecular weight is 147 g/mol. The minimum Gasteiger partial charge on any atom is -0.380 e. The zero-order valence-electron chi connectivity index (χ0n) is 6.37. The molecule has 2 nitrogen and oxygen atoms in total. The van der Waals surface area contributed by atoms with Crippen LogP contribution in [0.1, 0.15) is 11.1 Å². The molecule has 11 heavy (non-hydrogen) atoms. The highest BCUT2D eigenvalue weighted by Crippen LogP contribution is 2.04. The first-order chi connectivity index (χ1) is 5.36. The highest BCUT2D eigenvalue weighted by molar-refractivity contribution is 5.32. The SMILES string of the molecule is COCc1cccc(C#N)c1. The number of nitrogens with zero attached hydrogens (tertiary/aromatic N) is 1. The number of methoxy groups -OCH3 is 1. The van der Waals surface area contributed by atoms with Crippen LogP contribution in [0.3, 0.4) is 0 Å². The summed E-state index contributed by atoms with van der Waals surface area (Å²) in [5.74, 6) is 0. The van der Waals surface area contributed by atoms with E-state index in [1.807, 2.05) is 18.2 Å². The molecule has 0 radical (unpaired) electrons. The van der Waals surface area contributed by atoms with Gasteiger partial charge in [0.1, 0.15) is 0 Å². The minimum absolute atomic E-state index is 0.565. The lowest BCUT2D eigenvalue weighted by molar-refractivity contribution is 0.185. The maximum absolute atomic E-state index is 8.54. The Morgan fingerprint density at radius 2 is 2.36 bits per heavy atom. The van der Waals surface area contributed by atoms with Crippen molar-refractivity contribution in [3.05, 3.63) is 35.4 Å². The summed E-state index contributed by atoms with van der Waals surface area (Å²) in [4.78, 5) is 0. The van der Waals surface area contributed by atoms with Crippen LogP contribution in [0.5, 0.6) is 0 Å². The van der Waals surface area contributed by atoms with Gasteiger partial charge < -0.3 is 4.74 Å². The third kappa shape index (κ3) is 2.06. The first-order valence-corrected chi connectivity index (χ1v) is 3.35. The van der Waals surface area contributed by atoms with Crippen molar-refractivity contribution in [3.8, 4) is 6.07 Å². The van der Waals surface area contributed by atoms with Gasteiger partial charge >= 0.3 is 0 Å². The molecule has 2 heteroatoms. The summed E-state index contributed by atoms with van der Waals surface area (Å²) in [5.41, 5.74) is 1.71. The van der Waals surface area contributed by atoms with Crippen LogP contribution in [-0.2, 0) is 11.3 Å². The van der Waals surface area contributed by atoms with Gasteiger partial charge in [-0.1, -0.05) is 12.1 Å². The van der Waals surface area contributed by atoms with Crippen LogP contribution < -0.4 is 0 Å². The lowest BCUT2D eigenvalue weighted by atomic mass is 10.1. The fourth-order valence-electron chi connectivity index (χ4n) is 0.897. The van der Waals surface area contributed by atoms with Crippen LogP contribution in [0.2, 0.25) is 0 Å². The molecule has 0 saturated carbocycles. The third-order valence-corrected chi connectivity index (χ3v) is 1.37. The van der Waals surface area contributed by atoms with Crippen LogP contribution in [0.4, 0.5) is 0 Å². The lowest BCUT2D eigenvalue weighted by Crippen LogP contribution is -1.87. The zero-order chi connectivity index (χ0) is 8.10. The van der Waals surface area contributed by atoms with E-state index < -0.39 is 0 Å². The molecule has 0 amide bonds. The van der Waals surface area contributed by atoms with Gasteiger partial charge in [0.2, 0.25) is 0 Å². The quantitative estimate of drug-likeness (QED) is 0.637. The molecule has 0 aliphatic rings. The second kappa shape index (κ2) is 3.75. The van der Waals surface area contributed by atoms with Gasteiger partial charge in [-0.15, -0.1) is 0 Å². The fourth-order valence-corrected chi connectivity index (χ4v) is 0.897. The predicted molar refractivity (Wildman–Crippen MR) is 41.9 cm³/mol. The van der Waals surface area contributed by atoms with Crippen LogP contribution >= 0.6 is 0 Å². The Labute approximate surface area is 66.0 Å². The summed E-state index contributed by atoms with van der Waals surface area (Å²) in [6.07, 6.45) is 0. The molecule has 0 unspecified atom stereocenters. The van der Waals surface area contributed by atoms with E-state index in [0.29, 0.717) is 12.2 Å². The maximum Gasteiger partial charge on any atom is 0.0991 e. The summed E-state index contributed by atoms with van der Waals surface area (Å²) in [7, 11) is 1.64. The number of hydrogen-bond donors (Lipinski definition) is 0. The normalized spacial score (nSPS) is 9.09. The molecule has 56 valence electrons. The van der Waals surface area contributed by atoms with Gasteiger partial charge in [-0.25, -0.2) is 0 Å². The topological polar surface area (TPSA) is 33.0 Å². The van der Waals surface area contributed by atoms with Crippen molar-refractivity contribution in [2.75, 3.05) is 7.11 Å². The molecule has 1 aromatic carbocycles. The molecule has 0 saturated heterocycles. The van der Waals surface area contributed by atoms with Crippen LogP contribution in [0.25, 0.3) is 0 Å². The van der Waals surface area contributed by atoms with Crippen molar-refractivity contribution >= 4 is 0 Å². The Kier molecular flexibility index (Phi) is 2.65. The van der Waals surface area contributed by atoms with Crippen molar-refractivity contribution in [2.24, 2.45) is 0 Å². The van der Waals surface area contributed by atoms with E-state index in [2.05, 4.69) is 6.07 Å². The van der Waals surface area contributed by atoms with Crippen LogP contribution in [0, 0.1) is 11.3 Å². The summed E-state index contributed by atoms with van der Waals surface area (Å²) >= 11 is 0. The van der Waals surface area contributed by atoms with Gasteiger partial charge in [-0.3, -0.25) is 0 Å². The summed E-state index contributed by atoms with van der Waals surface area (Å²) < 4.78 is 4.92. The number of ether oxygens (including phenoxy) is 1. The Morgan fingerprint density at radius 1 is 1.55 bits per heavy atom. The van der Waals surface area contributed by atoms with Gasteiger partial charge in [0.25, 0.3) is 0 Å². The van der Waals surface area contributed by atoms with Crippen molar-refractivity contribution < 1.29 is 4.74 Å². The van der Waals surface area contributed by atoms with E-state index in [1.54, 1.807) is 13.2 Å². The average Bonchev–Trinajstić information content (AvgIpc) is 2.06. The number of hydrogen-bond acceptors (Lipinski definition) is 2. The zero-order valence-corrected chi connectivity index (χ0v) is 6.37. The largest absolute Gasteiger partial charge is 0.380 e. The number of nitriles is 1. The molecular formula is C9H9NO. The Bertz CT molecular complexity index is 275. The van der Waals surface area contributed by atoms with E-state index in [1.165, 1.54) is 0 Å². The van der Waals surface area contributed by atoms with Gasteiger partial charge in [-0.2, -0.15) is 5.26 Å². The molecule has 0 aliphatic carbocycles. The van der Waals surface area contributed by atoms with Gasteiger partial charge in [-0.05, 0) is 17.7 Å². The fraction of sp³-hybridized carbons (Fsp3) is 0.222. The number of benzene rings is 1. The Balaban J connectivity index is 2.85. The third-order valence-electron chi connectivity index (χ3n) is 1.37. The molecule has 0 N–H and O–H groups in total. The summed E-state index contributed by atoms with van der Waals surface area (Å²) in [6, 6.07) is 9.46. The molecule has 0 atom stereocenters. The molecule has 0 bridgehead atoms. The molecule has 0 fully saturated rings. The second-order valence-electron chi connectivity index (χ2n) is 2.25. The molecule has 1 rings (SSSR count). The standard InChI is InChI=1S/C9H9NO/c1-11-7-9-4-2-3-8(5-9)6-10/h2-5H,7H2,1H3. The summed E-state index contributed by atoms with van der Waals surface area (Å²) in [5, 5.41) is 8.54. The number of rotatable bonds is 2. The van der Waals surface area contributed by atoms with Crippen LogP contribution in [-0.4, -0.2) is 7.11 Å². The Hall–Kier alpha value is -1.33. The van der Waals surface area contributed by atoms with Crippen molar-refractivity contribution in [2.45, 2.75) is 6.61 Å². The maximum atomic E-state index is 8.54. The molecular weight excluding hydrogens is 138 g/mol. The highest BCUT2D eigenvalue weighted by atomic mass is 16.5. The first kappa shape index (κ1) is 7.77. The van der Waals surface area contributed by atoms with E-state index in [4.69, 9.17) is 10.00 Å². The van der Waals surface area contributed by atoms with Gasteiger partial charge in [0.15, 0.2) is 0 Å². The first-order valence-electron chi connectivity index (χ1n) is 3.35. The van der Waals surface area contributed by atoms with Crippen LogP contribution in [0.15, 0.2) is 24.3 Å². The molecule has 0 spiro atoms. The van der Waals surface area contributed by atoms with E-state index in [-0.39, 0.29) is 0 Å². The van der Waals surface area contributed by atoms with Gasteiger partial charge in [0, 0.05) is 7.11 Å². The minimum atomic E-state index is 0.565. The molecule has 0 aliphatic heterocycles. The molecule has 1 aromatic rings. The monoisotopic (exact) mass is 147 g/mol. The molecule has 0 aromatic heterocycles. The summed E-state index contributed by atoms with van der Waals surface area (Å²) in [6.45, 7) is 0.565. The van der Waals surface area contributed by atoms with E-state index >= 15 is 0 Å². The predicted octanol–water partition coefficient (Wildman–Crippen LogP) is 1.70. The van der Waals surface area contributed by atoms with Crippen molar-refractivity contribution in [3.63, 3.8) is 0 Å².